The molecule has 0 saturated carbocycles. The molecule has 0 aliphatic carbocycles. The van der Waals surface area contributed by atoms with Crippen LogP contribution in [-0.2, 0) is 28.6 Å². The largest absolute Gasteiger partial charge is 0.462 e. The third kappa shape index (κ3) is 65.1. The molecule has 0 saturated heterocycles. The summed E-state index contributed by atoms with van der Waals surface area (Å²) in [6.07, 6.45) is 91.4. The van der Waals surface area contributed by atoms with E-state index in [1.165, 1.54) is 199 Å². The highest BCUT2D eigenvalue weighted by atomic mass is 16.6. The van der Waals surface area contributed by atoms with Crippen molar-refractivity contribution < 1.29 is 28.6 Å². The van der Waals surface area contributed by atoms with Crippen molar-refractivity contribution in [1.82, 2.24) is 0 Å². The molecule has 0 N–H and O–H groups in total. The Morgan fingerprint density at radius 2 is 0.487 bits per heavy atom. The summed E-state index contributed by atoms with van der Waals surface area (Å²) in [4.78, 5) is 38.4. The fourth-order valence-electron chi connectivity index (χ4n) is 9.67. The van der Waals surface area contributed by atoms with Gasteiger partial charge in [0, 0.05) is 19.3 Å². The predicted molar refractivity (Wildman–Crippen MR) is 348 cm³/mol. The first-order valence-corrected chi connectivity index (χ1v) is 34.2. The molecule has 0 aromatic carbocycles. The maximum atomic E-state index is 12.9. The minimum atomic E-state index is -0.805. The maximum absolute atomic E-state index is 12.9. The summed E-state index contributed by atoms with van der Waals surface area (Å²) in [5, 5.41) is 0. The van der Waals surface area contributed by atoms with E-state index >= 15 is 0 Å². The van der Waals surface area contributed by atoms with Gasteiger partial charge >= 0.3 is 17.9 Å². The molecule has 6 heteroatoms. The van der Waals surface area contributed by atoms with E-state index in [1.54, 1.807) is 0 Å². The van der Waals surface area contributed by atoms with E-state index < -0.39 is 6.10 Å². The van der Waals surface area contributed by atoms with E-state index in [0.29, 0.717) is 19.3 Å². The fraction of sp³-hybridized carbons (Fsp3) is 0.743. The van der Waals surface area contributed by atoms with Crippen molar-refractivity contribution in [1.29, 1.82) is 0 Å². The van der Waals surface area contributed by atoms with Crippen LogP contribution in [0.15, 0.2) is 97.2 Å². The van der Waals surface area contributed by atoms with Gasteiger partial charge in [0.05, 0.1) is 0 Å². The van der Waals surface area contributed by atoms with Crippen molar-refractivity contribution in [3.8, 4) is 0 Å². The first kappa shape index (κ1) is 76.3. The van der Waals surface area contributed by atoms with Crippen LogP contribution >= 0.6 is 0 Å². The first-order valence-electron chi connectivity index (χ1n) is 34.2. The smallest absolute Gasteiger partial charge is 0.306 e. The third-order valence-electron chi connectivity index (χ3n) is 14.8. The summed E-state index contributed by atoms with van der Waals surface area (Å²) in [6.45, 7) is 6.52. The molecule has 460 valence electrons. The van der Waals surface area contributed by atoms with Gasteiger partial charge < -0.3 is 14.2 Å². The molecule has 6 nitrogen and oxygen atoms in total. The molecule has 0 heterocycles. The van der Waals surface area contributed by atoms with E-state index in [-0.39, 0.29) is 37.5 Å². The molecule has 1 unspecified atom stereocenters. The number of unbranched alkanes of at least 4 members (excludes halogenated alkanes) is 35. The van der Waals surface area contributed by atoms with Gasteiger partial charge in [0.25, 0.3) is 0 Å². The normalized spacial score (nSPS) is 12.7. The molecule has 0 aromatic rings. The lowest BCUT2D eigenvalue weighted by Gasteiger charge is -2.18. The van der Waals surface area contributed by atoms with Crippen LogP contribution in [0.2, 0.25) is 0 Å². The standard InChI is InChI=1S/C74H128O6/c1-4-7-10-13-16-19-22-25-28-31-34-36-37-39-40-43-46-49-52-55-58-61-64-67-73(76)79-70-71(69-78-72(75)66-63-60-57-54-51-48-45-42-33-30-27-24-21-18-15-12-9-6-3)80-74(77)68-65-62-59-56-53-50-47-44-41-38-35-32-29-26-23-20-17-14-11-8-5-2/h8,11,17,20,26,29-31,33-35,38,44,47,53,56,71H,4-7,9-10,12-16,18-19,21-25,27-28,32,36-37,39-43,45-46,48-52,54-55,57-70H2,1-3H3/b11-8-,20-17-,29-26-,33-30-,34-31-,38-35-,47-44-,56-53-. The minimum Gasteiger partial charge on any atom is -0.462 e. The Bertz CT molecular complexity index is 1560. The van der Waals surface area contributed by atoms with Crippen LogP contribution in [0.1, 0.15) is 335 Å². The van der Waals surface area contributed by atoms with Gasteiger partial charge in [0.2, 0.25) is 0 Å². The van der Waals surface area contributed by atoms with Crippen molar-refractivity contribution in [3.05, 3.63) is 97.2 Å². The van der Waals surface area contributed by atoms with Gasteiger partial charge in [-0.05, 0) is 122 Å². The van der Waals surface area contributed by atoms with Gasteiger partial charge in [-0.2, -0.15) is 0 Å². The average Bonchev–Trinajstić information content (AvgIpc) is 3.46. The molecule has 0 aliphatic heterocycles. The lowest BCUT2D eigenvalue weighted by atomic mass is 10.0. The van der Waals surface area contributed by atoms with Crippen molar-refractivity contribution >= 4 is 17.9 Å². The zero-order valence-corrected chi connectivity index (χ0v) is 52.8. The molecule has 1 atom stereocenters. The molecule has 0 aliphatic rings. The van der Waals surface area contributed by atoms with E-state index in [4.69, 9.17) is 14.2 Å². The number of carbonyl (C=O) groups is 3. The fourth-order valence-corrected chi connectivity index (χ4v) is 9.67. The summed E-state index contributed by atoms with van der Waals surface area (Å²) in [5.41, 5.74) is 0. The summed E-state index contributed by atoms with van der Waals surface area (Å²) in [5.74, 6) is -0.931. The molecular weight excluding hydrogens is 985 g/mol. The molecule has 0 fully saturated rings. The van der Waals surface area contributed by atoms with Gasteiger partial charge in [0.1, 0.15) is 13.2 Å². The number of carbonyl (C=O) groups excluding carboxylic acids is 3. The molecule has 0 radical (unpaired) electrons. The lowest BCUT2D eigenvalue weighted by molar-refractivity contribution is -0.167. The van der Waals surface area contributed by atoms with Crippen molar-refractivity contribution in [3.63, 3.8) is 0 Å². The van der Waals surface area contributed by atoms with Crippen LogP contribution in [0, 0.1) is 0 Å². The Hall–Kier alpha value is -3.67. The molecule has 0 bridgehead atoms. The van der Waals surface area contributed by atoms with Crippen molar-refractivity contribution in [2.75, 3.05) is 13.2 Å². The van der Waals surface area contributed by atoms with Crippen molar-refractivity contribution in [2.24, 2.45) is 0 Å². The van der Waals surface area contributed by atoms with Gasteiger partial charge in [0.15, 0.2) is 6.10 Å². The highest BCUT2D eigenvalue weighted by Gasteiger charge is 2.19. The number of hydrogen-bond acceptors (Lipinski definition) is 6. The predicted octanol–water partition coefficient (Wildman–Crippen LogP) is 23.6. The van der Waals surface area contributed by atoms with Crippen LogP contribution in [0.3, 0.4) is 0 Å². The second-order valence-electron chi connectivity index (χ2n) is 22.7. The molecule has 0 rings (SSSR count). The van der Waals surface area contributed by atoms with Crippen LogP contribution < -0.4 is 0 Å². The summed E-state index contributed by atoms with van der Waals surface area (Å²) in [7, 11) is 0. The van der Waals surface area contributed by atoms with Gasteiger partial charge in [-0.3, -0.25) is 14.4 Å². The van der Waals surface area contributed by atoms with Crippen molar-refractivity contribution in [2.45, 2.75) is 341 Å². The zero-order chi connectivity index (χ0) is 57.8. The number of esters is 3. The highest BCUT2D eigenvalue weighted by molar-refractivity contribution is 5.71. The average molecular weight is 1110 g/mol. The second-order valence-corrected chi connectivity index (χ2v) is 22.7. The number of ether oxygens (including phenoxy) is 3. The van der Waals surface area contributed by atoms with Crippen LogP contribution in [-0.4, -0.2) is 37.2 Å². The molecule has 80 heavy (non-hydrogen) atoms. The van der Waals surface area contributed by atoms with Gasteiger partial charge in [-0.25, -0.2) is 0 Å². The Balaban J connectivity index is 4.44. The van der Waals surface area contributed by atoms with Crippen LogP contribution in [0.25, 0.3) is 0 Å². The molecule has 0 spiro atoms. The summed E-state index contributed by atoms with van der Waals surface area (Å²) in [6, 6.07) is 0. The van der Waals surface area contributed by atoms with Gasteiger partial charge in [-0.15, -0.1) is 0 Å². The molecule has 0 aromatic heterocycles. The maximum Gasteiger partial charge on any atom is 0.306 e. The lowest BCUT2D eigenvalue weighted by Crippen LogP contribution is -2.30. The number of allylic oxidation sites excluding steroid dienone is 16. The van der Waals surface area contributed by atoms with E-state index in [0.717, 1.165) is 89.9 Å². The first-order chi connectivity index (χ1) is 39.5. The van der Waals surface area contributed by atoms with Gasteiger partial charge in [-0.1, -0.05) is 291 Å². The topological polar surface area (TPSA) is 78.9 Å². The minimum absolute atomic E-state index is 0.0958. The molecule has 0 amide bonds. The monoisotopic (exact) mass is 1110 g/mol. The second kappa shape index (κ2) is 67.8. The van der Waals surface area contributed by atoms with Crippen LogP contribution in [0.5, 0.6) is 0 Å². The third-order valence-corrected chi connectivity index (χ3v) is 14.8. The molecular formula is C74H128O6. The van der Waals surface area contributed by atoms with E-state index in [1.807, 2.05) is 0 Å². The van der Waals surface area contributed by atoms with E-state index in [9.17, 15) is 14.4 Å². The number of hydrogen-bond donors (Lipinski definition) is 0. The van der Waals surface area contributed by atoms with Crippen LogP contribution in [0.4, 0.5) is 0 Å². The zero-order valence-electron chi connectivity index (χ0n) is 52.8. The Morgan fingerprint density at radius 1 is 0.263 bits per heavy atom. The SMILES string of the molecule is CC/C=C\C/C=C\C/C=C\C/C=C\C/C=C\C/C=C\CCCCC(=O)OC(COC(=O)CCCCCCCCC/C=C\CCCCCCCCC)COC(=O)CCCCCCCCCCCCC/C=C\CCCCCCCCCC. The summed E-state index contributed by atoms with van der Waals surface area (Å²) < 4.78 is 16.9. The Labute approximate surface area is 496 Å². The Morgan fingerprint density at radius 3 is 0.800 bits per heavy atom. The quantitative estimate of drug-likeness (QED) is 0.0261. The van der Waals surface area contributed by atoms with E-state index in [2.05, 4.69) is 118 Å². The Kier molecular flexibility index (Phi) is 64.7. The summed E-state index contributed by atoms with van der Waals surface area (Å²) >= 11 is 0. The number of rotatable bonds is 62. The highest BCUT2D eigenvalue weighted by Crippen LogP contribution is 2.16.